The van der Waals surface area contributed by atoms with Gasteiger partial charge < -0.3 is 0 Å². The minimum absolute atomic E-state index is 0.220. The summed E-state index contributed by atoms with van der Waals surface area (Å²) in [4.78, 5) is 0. The Bertz CT molecular complexity index is 1760. The highest BCUT2D eigenvalue weighted by molar-refractivity contribution is 8.02. The smallest absolute Gasteiger partial charge is 0.0760 e. The first-order chi connectivity index (χ1) is 23.2. The fourth-order valence-corrected chi connectivity index (χ4v) is 15.0. The molecule has 0 fully saturated rings. The van der Waals surface area contributed by atoms with Crippen LogP contribution in [0.5, 0.6) is 0 Å². The lowest BCUT2D eigenvalue weighted by molar-refractivity contribution is 0.223. The Balaban J connectivity index is 1.36. The van der Waals surface area contributed by atoms with E-state index in [9.17, 15) is 0 Å². The van der Waals surface area contributed by atoms with Gasteiger partial charge >= 0.3 is 0 Å². The van der Waals surface area contributed by atoms with Gasteiger partial charge in [0.2, 0.25) is 0 Å². The second-order valence-corrected chi connectivity index (χ2v) is 16.7. The molecular formula is C44H36S3. The van der Waals surface area contributed by atoms with Crippen molar-refractivity contribution in [2.24, 2.45) is 5.41 Å². The van der Waals surface area contributed by atoms with Gasteiger partial charge in [0.25, 0.3) is 0 Å². The summed E-state index contributed by atoms with van der Waals surface area (Å²) < 4.78 is -0.784. The van der Waals surface area contributed by atoms with Crippen LogP contribution in [0.2, 0.25) is 0 Å². The Hall–Kier alpha value is -3.63. The molecule has 0 N–H and O–H groups in total. The van der Waals surface area contributed by atoms with Crippen LogP contribution < -0.4 is 0 Å². The van der Waals surface area contributed by atoms with E-state index in [2.05, 4.69) is 206 Å². The van der Waals surface area contributed by atoms with E-state index in [0.717, 1.165) is 17.3 Å². The molecule has 47 heavy (non-hydrogen) atoms. The summed E-state index contributed by atoms with van der Waals surface area (Å²) in [7, 11) is 0. The number of hydrogen-bond acceptors (Lipinski definition) is 3. The molecule has 0 spiro atoms. The van der Waals surface area contributed by atoms with Gasteiger partial charge in [0, 0.05) is 22.7 Å². The quantitative estimate of drug-likeness (QED) is 0.151. The number of benzene rings is 6. The Morgan fingerprint density at radius 3 is 0.766 bits per heavy atom. The molecule has 3 aliphatic rings. The number of thioether (sulfide) groups is 3. The second kappa shape index (κ2) is 11.2. The van der Waals surface area contributed by atoms with Crippen LogP contribution in [0.3, 0.4) is 0 Å². The zero-order valence-corrected chi connectivity index (χ0v) is 28.9. The van der Waals surface area contributed by atoms with Gasteiger partial charge in [-0.2, -0.15) is 0 Å². The molecule has 6 aromatic rings. The molecule has 230 valence electrons. The summed E-state index contributed by atoms with van der Waals surface area (Å²) in [6, 6.07) is 61.9. The average molecular weight is 661 g/mol. The van der Waals surface area contributed by atoms with Crippen LogP contribution in [0, 0.1) is 5.41 Å². The van der Waals surface area contributed by atoms with Crippen molar-refractivity contribution in [2.45, 2.75) is 38.4 Å². The van der Waals surface area contributed by atoms with Crippen LogP contribution in [-0.2, 0) is 31.5 Å². The lowest BCUT2D eigenvalue weighted by Crippen LogP contribution is -2.51. The maximum absolute atomic E-state index is 2.68. The lowest BCUT2D eigenvalue weighted by Gasteiger charge is -2.52. The van der Waals surface area contributed by atoms with E-state index >= 15 is 0 Å². The molecule has 0 saturated carbocycles. The van der Waals surface area contributed by atoms with Gasteiger partial charge in [-0.05, 0) is 50.1 Å². The molecule has 0 radical (unpaired) electrons. The number of rotatable bonds is 9. The zero-order chi connectivity index (χ0) is 31.5. The topological polar surface area (TPSA) is 0 Å². The van der Waals surface area contributed by atoms with Crippen LogP contribution in [0.25, 0.3) is 0 Å². The molecule has 0 bridgehead atoms. The van der Waals surface area contributed by atoms with Crippen molar-refractivity contribution >= 4 is 35.3 Å². The first-order valence-corrected chi connectivity index (χ1v) is 19.5. The molecule has 0 unspecified atom stereocenters. The molecule has 0 atom stereocenters. The Morgan fingerprint density at radius 2 is 0.532 bits per heavy atom. The van der Waals surface area contributed by atoms with Gasteiger partial charge in [-0.1, -0.05) is 171 Å². The van der Waals surface area contributed by atoms with Gasteiger partial charge in [-0.25, -0.2) is 0 Å². The van der Waals surface area contributed by atoms with Crippen molar-refractivity contribution in [3.63, 3.8) is 0 Å². The van der Waals surface area contributed by atoms with Gasteiger partial charge in [0.05, 0.1) is 14.2 Å². The predicted octanol–water partition coefficient (Wildman–Crippen LogP) is 11.6. The van der Waals surface area contributed by atoms with Gasteiger partial charge in [-0.3, -0.25) is 0 Å². The van der Waals surface area contributed by atoms with Gasteiger partial charge in [0.1, 0.15) is 0 Å². The predicted molar refractivity (Wildman–Crippen MR) is 203 cm³/mol. The highest BCUT2D eigenvalue weighted by atomic mass is 32.2. The van der Waals surface area contributed by atoms with E-state index in [-0.39, 0.29) is 19.7 Å². The third kappa shape index (κ3) is 3.82. The maximum Gasteiger partial charge on any atom is 0.0760 e. The van der Waals surface area contributed by atoms with Crippen molar-refractivity contribution in [1.29, 1.82) is 0 Å². The molecule has 0 amide bonds. The third-order valence-electron chi connectivity index (χ3n) is 11.1. The van der Waals surface area contributed by atoms with Crippen molar-refractivity contribution < 1.29 is 0 Å². The first kappa shape index (κ1) is 29.5. The van der Waals surface area contributed by atoms with Crippen molar-refractivity contribution in [2.75, 3.05) is 0 Å². The van der Waals surface area contributed by atoms with E-state index in [1.807, 2.05) is 0 Å². The first-order valence-electron chi connectivity index (χ1n) is 16.5. The molecule has 3 aliphatic carbocycles. The lowest BCUT2D eigenvalue weighted by atomic mass is 9.68. The highest BCUT2D eigenvalue weighted by Gasteiger charge is 2.84. The Morgan fingerprint density at radius 1 is 0.319 bits per heavy atom. The minimum Gasteiger partial charge on any atom is -0.140 e. The fraction of sp³-hybridized carbons (Fsp3) is 0.182. The molecule has 0 heterocycles. The summed E-state index contributed by atoms with van der Waals surface area (Å²) in [5, 5.41) is 0. The standard InChI is InChI=1S/C44H36S3/c1-41-42(45-29-32-17-5-2-6-18-32)35-23-11-13-25-37(35)43(41,46-30-33-19-7-3-8-20-33)39-27-15-16-28-40(39)44(41,38-26-14-12-24-36(38)42)47-31-34-21-9-4-10-22-34/h2-28H,29-31H2,1H3. The molecule has 0 aliphatic heterocycles. The van der Waals surface area contributed by atoms with E-state index in [1.165, 1.54) is 50.1 Å². The van der Waals surface area contributed by atoms with Crippen LogP contribution in [0.15, 0.2) is 164 Å². The fourth-order valence-electron chi connectivity index (χ4n) is 9.28. The second-order valence-electron chi connectivity index (χ2n) is 13.1. The Labute approximate surface area is 291 Å². The summed E-state index contributed by atoms with van der Waals surface area (Å²) in [5.74, 6) is 2.86. The summed E-state index contributed by atoms with van der Waals surface area (Å²) in [6.45, 7) is 2.68. The van der Waals surface area contributed by atoms with Crippen molar-refractivity contribution in [1.82, 2.24) is 0 Å². The number of hydrogen-bond donors (Lipinski definition) is 0. The summed E-state index contributed by atoms with van der Waals surface area (Å²) in [6.07, 6.45) is 0. The molecular weight excluding hydrogens is 625 g/mol. The summed E-state index contributed by atoms with van der Waals surface area (Å²) >= 11 is 6.51. The van der Waals surface area contributed by atoms with E-state index < -0.39 is 0 Å². The molecule has 0 saturated heterocycles. The molecule has 9 rings (SSSR count). The van der Waals surface area contributed by atoms with E-state index in [1.54, 1.807) is 0 Å². The van der Waals surface area contributed by atoms with E-state index in [4.69, 9.17) is 0 Å². The highest BCUT2D eigenvalue weighted by Crippen LogP contribution is 2.89. The number of fused-ring (bicyclic) bond motifs is 9. The largest absolute Gasteiger partial charge is 0.140 e. The van der Waals surface area contributed by atoms with Crippen LogP contribution >= 0.6 is 35.3 Å². The third-order valence-corrected chi connectivity index (χ3v) is 16.3. The average Bonchev–Trinajstić information content (AvgIpc) is 3.56. The zero-order valence-electron chi connectivity index (χ0n) is 26.4. The maximum atomic E-state index is 2.68. The van der Waals surface area contributed by atoms with Crippen molar-refractivity contribution in [3.8, 4) is 0 Å². The van der Waals surface area contributed by atoms with E-state index in [0.29, 0.717) is 0 Å². The van der Waals surface area contributed by atoms with Crippen LogP contribution in [0.1, 0.15) is 57.0 Å². The minimum atomic E-state index is -0.261. The SMILES string of the molecule is CC12C3(SCc4ccccc4)c4ccccc4C1(SCc1ccccc1)c1ccccc1C2(SCc1ccccc1)c1ccccc13. The molecule has 0 aromatic heterocycles. The van der Waals surface area contributed by atoms with Crippen molar-refractivity contribution in [3.05, 3.63) is 214 Å². The van der Waals surface area contributed by atoms with Gasteiger partial charge in [0.15, 0.2) is 0 Å². The summed E-state index contributed by atoms with van der Waals surface area (Å²) in [5.41, 5.74) is 12.9. The molecule has 0 nitrogen and oxygen atoms in total. The molecule has 6 aromatic carbocycles. The van der Waals surface area contributed by atoms with Gasteiger partial charge in [-0.15, -0.1) is 35.3 Å². The normalized spacial score (nSPS) is 26.0. The Kier molecular flexibility index (Phi) is 7.05. The monoisotopic (exact) mass is 660 g/mol. The molecule has 3 heteroatoms. The van der Waals surface area contributed by atoms with Crippen LogP contribution in [-0.4, -0.2) is 0 Å². The van der Waals surface area contributed by atoms with Crippen LogP contribution in [0.4, 0.5) is 0 Å².